The fourth-order valence-electron chi connectivity index (χ4n) is 2.36. The van der Waals surface area contributed by atoms with Gasteiger partial charge in [0.15, 0.2) is 5.82 Å². The lowest BCUT2D eigenvalue weighted by Gasteiger charge is -2.17. The average molecular weight is 304 g/mol. The molecule has 0 aliphatic carbocycles. The van der Waals surface area contributed by atoms with Gasteiger partial charge in [0.1, 0.15) is 0 Å². The highest BCUT2D eigenvalue weighted by molar-refractivity contribution is 5.95. The number of carboxylic acid groups (broad SMARTS) is 1. The van der Waals surface area contributed by atoms with Crippen LogP contribution in [0.1, 0.15) is 16.8 Å². The zero-order valence-electron chi connectivity index (χ0n) is 11.5. The number of pyridine rings is 1. The second-order valence-electron chi connectivity index (χ2n) is 5.10. The van der Waals surface area contributed by atoms with E-state index in [1.54, 1.807) is 35.3 Å². The van der Waals surface area contributed by atoms with Gasteiger partial charge in [0.05, 0.1) is 12.1 Å². The summed E-state index contributed by atoms with van der Waals surface area (Å²) in [6.07, 6.45) is 4.50. The number of halogens is 1. The van der Waals surface area contributed by atoms with Gasteiger partial charge in [-0.3, -0.25) is 4.79 Å². The van der Waals surface area contributed by atoms with Crippen LogP contribution in [0.4, 0.5) is 4.39 Å². The number of carbonyl (C=O) groups is 2. The van der Waals surface area contributed by atoms with E-state index in [2.05, 4.69) is 10.1 Å². The lowest BCUT2D eigenvalue weighted by molar-refractivity contribution is -0.149. The molecule has 1 N–H and O–H groups in total. The third kappa shape index (κ3) is 2.43. The number of carbonyl (C=O) groups excluding carboxylic acids is 1. The van der Waals surface area contributed by atoms with Crippen molar-refractivity contribution in [3.05, 3.63) is 42.4 Å². The zero-order valence-corrected chi connectivity index (χ0v) is 11.5. The Bertz CT molecular complexity index is 701. The molecular weight excluding hydrogens is 291 g/mol. The van der Waals surface area contributed by atoms with E-state index >= 15 is 0 Å². The lowest BCUT2D eigenvalue weighted by Crippen LogP contribution is -2.38. The van der Waals surface area contributed by atoms with E-state index in [0.717, 1.165) is 0 Å². The van der Waals surface area contributed by atoms with Gasteiger partial charge in [-0.1, -0.05) is 0 Å². The second-order valence-corrected chi connectivity index (χ2v) is 5.10. The minimum absolute atomic E-state index is 0.0720. The number of carboxylic acids is 1. The maximum Gasteiger partial charge on any atom is 0.343 e. The molecule has 7 nitrogen and oxygen atoms in total. The predicted molar refractivity (Wildman–Crippen MR) is 73.4 cm³/mol. The first kappa shape index (κ1) is 14.2. The van der Waals surface area contributed by atoms with Gasteiger partial charge in [-0.05, 0) is 18.2 Å². The van der Waals surface area contributed by atoms with Gasteiger partial charge in [0.2, 0.25) is 5.67 Å². The quantitative estimate of drug-likeness (QED) is 0.910. The van der Waals surface area contributed by atoms with Crippen molar-refractivity contribution in [1.82, 2.24) is 19.7 Å². The fraction of sp³-hybridized carbons (Fsp3) is 0.286. The molecule has 0 spiro atoms. The van der Waals surface area contributed by atoms with Crippen LogP contribution in [0.15, 0.2) is 36.8 Å². The van der Waals surface area contributed by atoms with Crippen LogP contribution in [0.25, 0.3) is 5.82 Å². The summed E-state index contributed by atoms with van der Waals surface area (Å²) in [4.78, 5) is 28.4. The van der Waals surface area contributed by atoms with Gasteiger partial charge in [-0.2, -0.15) is 5.10 Å². The summed E-state index contributed by atoms with van der Waals surface area (Å²) >= 11 is 0. The molecule has 0 bridgehead atoms. The number of aliphatic carboxylic acids is 1. The number of nitrogens with zero attached hydrogens (tertiary/aromatic N) is 4. The molecule has 0 saturated carbocycles. The molecule has 3 heterocycles. The highest BCUT2D eigenvalue weighted by atomic mass is 19.1. The molecule has 8 heteroatoms. The van der Waals surface area contributed by atoms with E-state index in [0.29, 0.717) is 5.82 Å². The molecule has 1 saturated heterocycles. The summed E-state index contributed by atoms with van der Waals surface area (Å²) < 4.78 is 15.5. The largest absolute Gasteiger partial charge is 0.479 e. The Morgan fingerprint density at radius 3 is 2.73 bits per heavy atom. The Morgan fingerprint density at radius 2 is 2.18 bits per heavy atom. The summed E-state index contributed by atoms with van der Waals surface area (Å²) in [5.41, 5.74) is -2.08. The van der Waals surface area contributed by atoms with Crippen LogP contribution in [0.2, 0.25) is 0 Å². The van der Waals surface area contributed by atoms with Crippen molar-refractivity contribution in [2.45, 2.75) is 12.1 Å². The first-order chi connectivity index (χ1) is 10.5. The molecule has 0 aromatic carbocycles. The molecule has 1 fully saturated rings. The van der Waals surface area contributed by atoms with Crippen LogP contribution in [-0.4, -0.2) is 55.4 Å². The standard InChI is InChI=1S/C14H13FN4O3/c15-14(13(21)22)4-7-18(9-14)12(20)10-2-3-11(16-8-10)19-6-1-5-17-19/h1-3,5-6,8H,4,7,9H2,(H,21,22). The summed E-state index contributed by atoms with van der Waals surface area (Å²) in [5.74, 6) is -1.41. The molecular formula is C14H13FN4O3. The number of hydrogen-bond donors (Lipinski definition) is 1. The molecule has 2 aromatic rings. The topological polar surface area (TPSA) is 88.3 Å². The van der Waals surface area contributed by atoms with Gasteiger partial charge >= 0.3 is 5.97 Å². The molecule has 1 aliphatic rings. The third-order valence-electron chi connectivity index (χ3n) is 3.62. The van der Waals surface area contributed by atoms with Crippen LogP contribution in [0, 0.1) is 0 Å². The minimum Gasteiger partial charge on any atom is -0.479 e. The Kier molecular flexibility index (Phi) is 3.36. The molecule has 1 unspecified atom stereocenters. The van der Waals surface area contributed by atoms with Gasteiger partial charge in [-0.15, -0.1) is 0 Å². The van der Waals surface area contributed by atoms with E-state index in [1.807, 2.05) is 0 Å². The molecule has 1 aliphatic heterocycles. The SMILES string of the molecule is O=C(c1ccc(-n2cccn2)nc1)N1CCC(F)(C(=O)O)C1. The maximum absolute atomic E-state index is 14.0. The fourth-order valence-corrected chi connectivity index (χ4v) is 2.36. The number of amides is 1. The van der Waals surface area contributed by atoms with Crippen molar-refractivity contribution in [3.63, 3.8) is 0 Å². The third-order valence-corrected chi connectivity index (χ3v) is 3.62. The number of likely N-dealkylation sites (tertiary alicyclic amines) is 1. The van der Waals surface area contributed by atoms with E-state index in [4.69, 9.17) is 5.11 Å². The smallest absolute Gasteiger partial charge is 0.343 e. The molecule has 1 atom stereocenters. The van der Waals surface area contributed by atoms with Crippen molar-refractivity contribution in [2.24, 2.45) is 0 Å². The zero-order chi connectivity index (χ0) is 15.7. The van der Waals surface area contributed by atoms with Crippen molar-refractivity contribution < 1.29 is 19.1 Å². The summed E-state index contributed by atoms with van der Waals surface area (Å²) in [6, 6.07) is 4.93. The van der Waals surface area contributed by atoms with E-state index < -0.39 is 24.1 Å². The van der Waals surface area contributed by atoms with Crippen molar-refractivity contribution in [2.75, 3.05) is 13.1 Å². The monoisotopic (exact) mass is 304 g/mol. The van der Waals surface area contributed by atoms with E-state index in [9.17, 15) is 14.0 Å². The van der Waals surface area contributed by atoms with Gasteiger partial charge in [0.25, 0.3) is 5.91 Å². The van der Waals surface area contributed by atoms with Crippen LogP contribution in [0.3, 0.4) is 0 Å². The van der Waals surface area contributed by atoms with E-state index in [1.165, 1.54) is 11.1 Å². The Hall–Kier alpha value is -2.77. The second kappa shape index (κ2) is 5.21. The first-order valence-electron chi connectivity index (χ1n) is 6.67. The van der Waals surface area contributed by atoms with Crippen LogP contribution >= 0.6 is 0 Å². The van der Waals surface area contributed by atoms with Crippen molar-refractivity contribution >= 4 is 11.9 Å². The van der Waals surface area contributed by atoms with E-state index in [-0.39, 0.29) is 18.5 Å². The molecule has 3 rings (SSSR count). The highest BCUT2D eigenvalue weighted by Gasteiger charge is 2.47. The Balaban J connectivity index is 1.75. The maximum atomic E-state index is 14.0. The molecule has 1 amide bonds. The van der Waals surface area contributed by atoms with Gasteiger partial charge in [0, 0.05) is 31.6 Å². The number of hydrogen-bond acceptors (Lipinski definition) is 4. The molecule has 2 aromatic heterocycles. The van der Waals surface area contributed by atoms with Crippen LogP contribution in [0.5, 0.6) is 0 Å². The Labute approximate surface area is 125 Å². The lowest BCUT2D eigenvalue weighted by atomic mass is 10.1. The number of rotatable bonds is 3. The van der Waals surface area contributed by atoms with Gasteiger partial charge < -0.3 is 10.0 Å². The highest BCUT2D eigenvalue weighted by Crippen LogP contribution is 2.27. The summed E-state index contributed by atoms with van der Waals surface area (Å²) in [6.45, 7) is -0.370. The number of aromatic nitrogens is 3. The van der Waals surface area contributed by atoms with Crippen LogP contribution in [-0.2, 0) is 4.79 Å². The van der Waals surface area contributed by atoms with Gasteiger partial charge in [-0.25, -0.2) is 18.9 Å². The molecule has 22 heavy (non-hydrogen) atoms. The van der Waals surface area contributed by atoms with Crippen molar-refractivity contribution in [1.29, 1.82) is 0 Å². The first-order valence-corrected chi connectivity index (χ1v) is 6.67. The van der Waals surface area contributed by atoms with Crippen LogP contribution < -0.4 is 0 Å². The average Bonchev–Trinajstić information content (AvgIpc) is 3.17. The molecule has 0 radical (unpaired) electrons. The predicted octanol–water partition coefficient (Wildman–Crippen LogP) is 0.906. The van der Waals surface area contributed by atoms with Crippen molar-refractivity contribution in [3.8, 4) is 5.82 Å². The normalized spacial score (nSPS) is 21.0. The summed E-state index contributed by atoms with van der Waals surface area (Å²) in [5, 5.41) is 12.9. The summed E-state index contributed by atoms with van der Waals surface area (Å²) in [7, 11) is 0. The minimum atomic E-state index is -2.36. The number of alkyl halides is 1. The molecule has 114 valence electrons. The Morgan fingerprint density at radius 1 is 1.36 bits per heavy atom.